The maximum atomic E-state index is 14.3. The van der Waals surface area contributed by atoms with E-state index >= 15 is 0 Å². The van der Waals surface area contributed by atoms with Crippen LogP contribution in [0.25, 0.3) is 11.1 Å². The van der Waals surface area contributed by atoms with Crippen LogP contribution in [0.1, 0.15) is 5.56 Å². The van der Waals surface area contributed by atoms with Crippen molar-refractivity contribution in [1.29, 1.82) is 0 Å². The number of methoxy groups -OCH3 is 2. The van der Waals surface area contributed by atoms with Crippen molar-refractivity contribution in [2.75, 3.05) is 24.9 Å². The van der Waals surface area contributed by atoms with E-state index in [1.54, 1.807) is 19.2 Å². The average Bonchev–Trinajstić information content (AvgIpc) is 3.11. The van der Waals surface area contributed by atoms with Gasteiger partial charge < -0.3 is 24.5 Å². The van der Waals surface area contributed by atoms with Crippen LogP contribution < -0.4 is 25.9 Å². The summed E-state index contributed by atoms with van der Waals surface area (Å²) in [4.78, 5) is 21.7. The average molecular weight is 429 g/mol. The zero-order chi connectivity index (χ0) is 22.1. The van der Waals surface area contributed by atoms with Gasteiger partial charge in [0.25, 0.3) is 0 Å². The number of hydrogen-bond acceptors (Lipinski definition) is 8. The summed E-state index contributed by atoms with van der Waals surface area (Å²) in [6.07, 6.45) is 0.972. The molecule has 0 aliphatic heterocycles. The Labute approximate surface area is 174 Å². The summed E-state index contributed by atoms with van der Waals surface area (Å²) in [7, 11) is 3.05. The number of H-pyrrole nitrogens is 1. The van der Waals surface area contributed by atoms with E-state index in [0.717, 1.165) is 17.8 Å². The Bertz CT molecular complexity index is 1340. The number of benzene rings is 2. The molecule has 3 N–H and O–H groups in total. The Hall–Kier alpha value is -4.15. The molecule has 0 bridgehead atoms. The third-order valence-corrected chi connectivity index (χ3v) is 4.40. The molecule has 4 rings (SSSR count). The number of aromatic nitrogens is 3. The predicted octanol–water partition coefficient (Wildman–Crippen LogP) is 4.00. The molecular weight excluding hydrogens is 412 g/mol. The Morgan fingerprint density at radius 2 is 1.81 bits per heavy atom. The molecule has 2 aromatic heterocycles. The molecule has 9 nitrogen and oxygen atoms in total. The second-order valence-electron chi connectivity index (χ2n) is 6.52. The topological polar surface area (TPSA) is 114 Å². The van der Waals surface area contributed by atoms with Gasteiger partial charge in [0.2, 0.25) is 5.95 Å². The highest BCUT2D eigenvalue weighted by atomic mass is 19.1. The SMILES string of the molecule is COc1cc(Nc2ncc(F)c(Nc3cc(F)c4oc(=O)[nH]c4c3)n2)cc(C)c1OC. The molecule has 0 aliphatic carbocycles. The van der Waals surface area contributed by atoms with Crippen molar-refractivity contribution in [1.82, 2.24) is 15.0 Å². The number of hydrogen-bond donors (Lipinski definition) is 3. The van der Waals surface area contributed by atoms with Crippen molar-refractivity contribution in [2.24, 2.45) is 0 Å². The molecule has 4 aromatic rings. The highest BCUT2D eigenvalue weighted by Gasteiger charge is 2.14. The first-order chi connectivity index (χ1) is 14.9. The number of anilines is 4. The number of oxazole rings is 1. The first kappa shape index (κ1) is 20.1. The zero-order valence-electron chi connectivity index (χ0n) is 16.7. The summed E-state index contributed by atoms with van der Waals surface area (Å²) in [5.41, 5.74) is 1.47. The fourth-order valence-electron chi connectivity index (χ4n) is 3.10. The lowest BCUT2D eigenvalue weighted by atomic mass is 10.2. The molecule has 0 saturated carbocycles. The van der Waals surface area contributed by atoms with Crippen LogP contribution in [0.15, 0.2) is 39.7 Å². The van der Waals surface area contributed by atoms with Crippen LogP contribution in [0.4, 0.5) is 31.9 Å². The summed E-state index contributed by atoms with van der Waals surface area (Å²) in [5.74, 6) is -1.35. The van der Waals surface area contributed by atoms with Gasteiger partial charge in [0.1, 0.15) is 0 Å². The highest BCUT2D eigenvalue weighted by molar-refractivity contribution is 5.79. The second kappa shape index (κ2) is 7.94. The fourth-order valence-corrected chi connectivity index (χ4v) is 3.10. The van der Waals surface area contributed by atoms with Crippen molar-refractivity contribution in [2.45, 2.75) is 6.92 Å². The van der Waals surface area contributed by atoms with E-state index in [-0.39, 0.29) is 28.6 Å². The lowest BCUT2D eigenvalue weighted by molar-refractivity contribution is 0.353. The second-order valence-corrected chi connectivity index (χ2v) is 6.52. The number of nitrogens with one attached hydrogen (secondary N) is 3. The smallest absolute Gasteiger partial charge is 0.417 e. The minimum absolute atomic E-state index is 0.0915. The molecule has 31 heavy (non-hydrogen) atoms. The van der Waals surface area contributed by atoms with Crippen LogP contribution >= 0.6 is 0 Å². The van der Waals surface area contributed by atoms with Crippen molar-refractivity contribution < 1.29 is 22.7 Å². The van der Waals surface area contributed by atoms with Crippen molar-refractivity contribution >= 4 is 34.2 Å². The molecule has 11 heteroatoms. The van der Waals surface area contributed by atoms with Gasteiger partial charge in [0.05, 0.1) is 25.9 Å². The van der Waals surface area contributed by atoms with E-state index in [1.807, 2.05) is 6.92 Å². The Morgan fingerprint density at radius 1 is 1.03 bits per heavy atom. The van der Waals surface area contributed by atoms with Crippen LogP contribution in [0.3, 0.4) is 0 Å². The van der Waals surface area contributed by atoms with Gasteiger partial charge in [-0.25, -0.2) is 18.6 Å². The lowest BCUT2D eigenvalue weighted by Crippen LogP contribution is -2.04. The third-order valence-electron chi connectivity index (χ3n) is 4.40. The first-order valence-electron chi connectivity index (χ1n) is 8.99. The van der Waals surface area contributed by atoms with E-state index < -0.39 is 17.4 Å². The molecule has 0 unspecified atom stereocenters. The van der Waals surface area contributed by atoms with Crippen LogP contribution in [0.5, 0.6) is 11.5 Å². The van der Waals surface area contributed by atoms with Gasteiger partial charge in [-0.2, -0.15) is 4.98 Å². The number of fused-ring (bicyclic) bond motifs is 1. The van der Waals surface area contributed by atoms with Crippen LogP contribution in [-0.2, 0) is 0 Å². The molecule has 0 saturated heterocycles. The van der Waals surface area contributed by atoms with E-state index in [2.05, 4.69) is 25.6 Å². The Kier molecular flexibility index (Phi) is 5.15. The van der Waals surface area contributed by atoms with Crippen molar-refractivity contribution in [3.63, 3.8) is 0 Å². The van der Waals surface area contributed by atoms with Gasteiger partial charge in [-0.3, -0.25) is 4.98 Å². The quantitative estimate of drug-likeness (QED) is 0.421. The highest BCUT2D eigenvalue weighted by Crippen LogP contribution is 2.35. The number of nitrogens with zero attached hydrogens (tertiary/aromatic N) is 2. The summed E-state index contributed by atoms with van der Waals surface area (Å²) < 4.78 is 43.8. The summed E-state index contributed by atoms with van der Waals surface area (Å²) in [5, 5.41) is 5.65. The number of aryl methyl sites for hydroxylation is 1. The molecule has 2 aromatic carbocycles. The number of rotatable bonds is 6. The zero-order valence-corrected chi connectivity index (χ0v) is 16.7. The molecule has 2 heterocycles. The molecule has 160 valence electrons. The van der Waals surface area contributed by atoms with Gasteiger partial charge in [-0.1, -0.05) is 0 Å². The lowest BCUT2D eigenvalue weighted by Gasteiger charge is -2.14. The van der Waals surface area contributed by atoms with E-state index in [0.29, 0.717) is 17.2 Å². The van der Waals surface area contributed by atoms with Crippen LogP contribution in [0, 0.1) is 18.6 Å². The summed E-state index contributed by atoms with van der Waals surface area (Å²) in [6.45, 7) is 1.84. The largest absolute Gasteiger partial charge is 0.493 e. The molecule has 0 radical (unpaired) electrons. The maximum Gasteiger partial charge on any atom is 0.417 e. The number of halogens is 2. The fraction of sp³-hybridized carbons (Fsp3) is 0.150. The maximum absolute atomic E-state index is 14.3. The molecular formula is C20H17F2N5O4. The minimum atomic E-state index is -0.795. The monoisotopic (exact) mass is 429 g/mol. The summed E-state index contributed by atoms with van der Waals surface area (Å²) in [6, 6.07) is 5.94. The Morgan fingerprint density at radius 3 is 2.55 bits per heavy atom. The van der Waals surface area contributed by atoms with Gasteiger partial charge in [0.15, 0.2) is 34.5 Å². The van der Waals surface area contributed by atoms with E-state index in [1.165, 1.54) is 13.2 Å². The molecule has 0 atom stereocenters. The molecule has 0 spiro atoms. The van der Waals surface area contributed by atoms with Gasteiger partial charge >= 0.3 is 5.76 Å². The standard InChI is InChI=1S/C20H17F2N5O4/c1-9-4-10(7-15(29-2)16(9)30-3)25-19-23-8-13(22)18(27-19)24-11-5-12(21)17-14(6-11)26-20(28)31-17/h4-8H,1-3H3,(H,26,28)(H2,23,24,25,27). The van der Waals surface area contributed by atoms with E-state index in [4.69, 9.17) is 13.9 Å². The number of aromatic amines is 1. The summed E-state index contributed by atoms with van der Waals surface area (Å²) >= 11 is 0. The normalized spacial score (nSPS) is 10.9. The van der Waals surface area contributed by atoms with Gasteiger partial charge in [-0.05, 0) is 24.6 Å². The first-order valence-corrected chi connectivity index (χ1v) is 8.99. The molecule has 0 aliphatic rings. The van der Waals surface area contributed by atoms with Crippen molar-refractivity contribution in [3.05, 3.63) is 58.2 Å². The van der Waals surface area contributed by atoms with Gasteiger partial charge in [0, 0.05) is 23.5 Å². The molecule has 0 fully saturated rings. The van der Waals surface area contributed by atoms with Crippen LogP contribution in [0.2, 0.25) is 0 Å². The Balaban J connectivity index is 1.64. The van der Waals surface area contributed by atoms with Crippen molar-refractivity contribution in [3.8, 4) is 11.5 Å². The predicted molar refractivity (Wildman–Crippen MR) is 110 cm³/mol. The van der Waals surface area contributed by atoms with Crippen LogP contribution in [-0.4, -0.2) is 29.2 Å². The van der Waals surface area contributed by atoms with E-state index in [9.17, 15) is 13.6 Å². The number of ether oxygens (including phenoxy) is 2. The van der Waals surface area contributed by atoms with Gasteiger partial charge in [-0.15, -0.1) is 0 Å². The third kappa shape index (κ3) is 3.97. The molecule has 0 amide bonds. The minimum Gasteiger partial charge on any atom is -0.493 e.